The lowest BCUT2D eigenvalue weighted by atomic mass is 10.2. The number of amides is 1. The molecule has 0 unspecified atom stereocenters. The zero-order valence-electron chi connectivity index (χ0n) is 19.5. The molecule has 0 spiro atoms. The summed E-state index contributed by atoms with van der Waals surface area (Å²) in [6.07, 6.45) is 0. The summed E-state index contributed by atoms with van der Waals surface area (Å²) in [7, 11) is 3.11. The molecule has 4 rings (SSSR count). The molecule has 176 valence electrons. The van der Waals surface area contributed by atoms with Gasteiger partial charge in [0.2, 0.25) is 5.89 Å². The largest absolute Gasteiger partial charge is 0.493 e. The number of oxazole rings is 1. The van der Waals surface area contributed by atoms with Gasteiger partial charge in [-0.25, -0.2) is 14.1 Å². The van der Waals surface area contributed by atoms with Crippen LogP contribution in [0.3, 0.4) is 0 Å². The molecule has 9 nitrogen and oxygen atoms in total. The summed E-state index contributed by atoms with van der Waals surface area (Å²) in [5.41, 5.74) is 2.78. The molecular formula is C24H24FN5O4. The van der Waals surface area contributed by atoms with Crippen LogP contribution in [0.25, 0.3) is 11.5 Å². The van der Waals surface area contributed by atoms with E-state index < -0.39 is 11.7 Å². The first-order valence-electron chi connectivity index (χ1n) is 10.5. The summed E-state index contributed by atoms with van der Waals surface area (Å²) in [4.78, 5) is 17.3. The quantitative estimate of drug-likeness (QED) is 0.434. The van der Waals surface area contributed by atoms with Gasteiger partial charge in [-0.15, -0.1) is 5.10 Å². The number of halogens is 1. The van der Waals surface area contributed by atoms with Gasteiger partial charge in [0.25, 0.3) is 5.91 Å². The van der Waals surface area contributed by atoms with Crippen molar-refractivity contribution >= 4 is 11.6 Å². The molecular weight excluding hydrogens is 441 g/mol. The summed E-state index contributed by atoms with van der Waals surface area (Å²) in [5.74, 6) is 1.17. The standard InChI is InChI=1S/C24H24FN5O4/c1-13-9-10-16(11-18(13)25)26-23(31)21-14(2)30(29-28-21)12-19-15(3)34-24(27-19)17-7-6-8-20(32-4)22(17)33-5/h6-11H,12H2,1-5H3,(H,26,31). The molecule has 4 aromatic rings. The van der Waals surface area contributed by atoms with Crippen molar-refractivity contribution in [2.24, 2.45) is 0 Å². The number of hydrogen-bond acceptors (Lipinski definition) is 7. The lowest BCUT2D eigenvalue weighted by molar-refractivity contribution is 0.102. The minimum absolute atomic E-state index is 0.136. The van der Waals surface area contributed by atoms with Crippen molar-refractivity contribution in [3.63, 3.8) is 0 Å². The number of anilines is 1. The lowest BCUT2D eigenvalue weighted by Gasteiger charge is -2.09. The Morgan fingerprint density at radius 3 is 2.65 bits per heavy atom. The van der Waals surface area contributed by atoms with Gasteiger partial charge in [-0.05, 0) is 50.6 Å². The average molecular weight is 465 g/mol. The van der Waals surface area contributed by atoms with E-state index in [4.69, 9.17) is 13.9 Å². The number of aryl methyl sites for hydroxylation is 2. The van der Waals surface area contributed by atoms with Crippen LogP contribution in [0.5, 0.6) is 11.5 Å². The Bertz CT molecular complexity index is 1360. The fourth-order valence-electron chi connectivity index (χ4n) is 3.47. The lowest BCUT2D eigenvalue weighted by Crippen LogP contribution is -2.14. The Morgan fingerprint density at radius 1 is 1.15 bits per heavy atom. The Balaban J connectivity index is 1.56. The van der Waals surface area contributed by atoms with Crippen molar-refractivity contribution in [3.05, 3.63) is 70.6 Å². The molecule has 0 saturated carbocycles. The van der Waals surface area contributed by atoms with E-state index in [1.165, 1.54) is 6.07 Å². The fourth-order valence-corrected chi connectivity index (χ4v) is 3.47. The van der Waals surface area contributed by atoms with E-state index >= 15 is 0 Å². The maximum atomic E-state index is 13.8. The van der Waals surface area contributed by atoms with Gasteiger partial charge in [-0.1, -0.05) is 17.3 Å². The van der Waals surface area contributed by atoms with Crippen molar-refractivity contribution in [1.82, 2.24) is 20.0 Å². The van der Waals surface area contributed by atoms with Gasteiger partial charge in [0.05, 0.1) is 32.0 Å². The third-order valence-corrected chi connectivity index (χ3v) is 5.45. The molecule has 0 saturated heterocycles. The summed E-state index contributed by atoms with van der Waals surface area (Å²) < 4.78 is 32.1. The highest BCUT2D eigenvalue weighted by molar-refractivity contribution is 6.03. The van der Waals surface area contributed by atoms with Gasteiger partial charge in [0.1, 0.15) is 17.3 Å². The monoisotopic (exact) mass is 465 g/mol. The maximum absolute atomic E-state index is 13.8. The Hall–Kier alpha value is -4.21. The number of aromatic nitrogens is 4. The molecule has 0 aliphatic heterocycles. The number of carbonyl (C=O) groups excluding carboxylic acids is 1. The number of methoxy groups -OCH3 is 2. The van der Waals surface area contributed by atoms with Gasteiger partial charge in [0.15, 0.2) is 17.2 Å². The zero-order chi connectivity index (χ0) is 24.4. The minimum Gasteiger partial charge on any atom is -0.493 e. The van der Waals surface area contributed by atoms with E-state index in [1.54, 1.807) is 57.9 Å². The molecule has 2 aromatic carbocycles. The van der Waals surface area contributed by atoms with Gasteiger partial charge in [-0.2, -0.15) is 0 Å². The van der Waals surface area contributed by atoms with E-state index in [1.807, 2.05) is 12.1 Å². The second kappa shape index (κ2) is 9.34. The molecule has 0 atom stereocenters. The number of nitrogens with one attached hydrogen (secondary N) is 1. The number of nitrogens with zero attached hydrogens (tertiary/aromatic N) is 4. The highest BCUT2D eigenvalue weighted by Crippen LogP contribution is 2.38. The van der Waals surface area contributed by atoms with Gasteiger partial charge < -0.3 is 19.2 Å². The molecule has 2 aromatic heterocycles. The van der Waals surface area contributed by atoms with E-state index in [9.17, 15) is 9.18 Å². The summed E-state index contributed by atoms with van der Waals surface area (Å²) in [5, 5.41) is 10.7. The molecule has 0 aliphatic carbocycles. The first-order chi connectivity index (χ1) is 16.3. The molecule has 34 heavy (non-hydrogen) atoms. The predicted octanol–water partition coefficient (Wildman–Crippen LogP) is 4.32. The molecule has 0 bridgehead atoms. The van der Waals surface area contributed by atoms with Crippen molar-refractivity contribution in [1.29, 1.82) is 0 Å². The smallest absolute Gasteiger partial charge is 0.278 e. The van der Waals surface area contributed by atoms with Crippen LogP contribution in [0.4, 0.5) is 10.1 Å². The van der Waals surface area contributed by atoms with Gasteiger partial charge >= 0.3 is 0 Å². The van der Waals surface area contributed by atoms with Crippen molar-refractivity contribution in [2.45, 2.75) is 27.3 Å². The predicted molar refractivity (Wildman–Crippen MR) is 123 cm³/mol. The molecule has 10 heteroatoms. The van der Waals surface area contributed by atoms with Crippen LogP contribution in [0.15, 0.2) is 40.8 Å². The Morgan fingerprint density at radius 2 is 1.94 bits per heavy atom. The summed E-state index contributed by atoms with van der Waals surface area (Å²) in [6, 6.07) is 9.92. The fraction of sp³-hybridized carbons (Fsp3) is 0.250. The van der Waals surface area contributed by atoms with Crippen LogP contribution in [0.1, 0.15) is 33.2 Å². The minimum atomic E-state index is -0.481. The zero-order valence-corrected chi connectivity index (χ0v) is 19.5. The number of ether oxygens (including phenoxy) is 2. The molecule has 2 heterocycles. The average Bonchev–Trinajstić information content (AvgIpc) is 3.38. The van der Waals surface area contributed by atoms with Crippen molar-refractivity contribution < 1.29 is 23.1 Å². The third-order valence-electron chi connectivity index (χ3n) is 5.45. The number of para-hydroxylation sites is 1. The molecule has 1 N–H and O–H groups in total. The van der Waals surface area contributed by atoms with Crippen LogP contribution in [0.2, 0.25) is 0 Å². The Labute approximate surface area is 195 Å². The highest BCUT2D eigenvalue weighted by atomic mass is 19.1. The van der Waals surface area contributed by atoms with Crippen LogP contribution < -0.4 is 14.8 Å². The van der Waals surface area contributed by atoms with Gasteiger partial charge in [-0.3, -0.25) is 4.79 Å². The van der Waals surface area contributed by atoms with E-state index in [0.717, 1.165) is 0 Å². The Kier molecular flexibility index (Phi) is 6.31. The molecule has 0 radical (unpaired) electrons. The molecule has 0 fully saturated rings. The first-order valence-corrected chi connectivity index (χ1v) is 10.5. The van der Waals surface area contributed by atoms with Crippen LogP contribution >= 0.6 is 0 Å². The van der Waals surface area contributed by atoms with E-state index in [0.29, 0.717) is 51.4 Å². The third kappa shape index (κ3) is 4.34. The summed E-state index contributed by atoms with van der Waals surface area (Å²) >= 11 is 0. The van der Waals surface area contributed by atoms with Crippen molar-refractivity contribution in [2.75, 3.05) is 19.5 Å². The number of benzene rings is 2. The summed E-state index contributed by atoms with van der Waals surface area (Å²) in [6.45, 7) is 5.42. The van der Waals surface area contributed by atoms with Crippen molar-refractivity contribution in [3.8, 4) is 23.0 Å². The molecule has 1 amide bonds. The number of rotatable bonds is 7. The number of carbonyl (C=O) groups is 1. The van der Waals surface area contributed by atoms with E-state index in [2.05, 4.69) is 20.6 Å². The van der Waals surface area contributed by atoms with Gasteiger partial charge in [0, 0.05) is 5.69 Å². The second-order valence-corrected chi connectivity index (χ2v) is 7.66. The highest BCUT2D eigenvalue weighted by Gasteiger charge is 2.21. The second-order valence-electron chi connectivity index (χ2n) is 7.66. The topological polar surface area (TPSA) is 104 Å². The normalized spacial score (nSPS) is 10.9. The van der Waals surface area contributed by atoms with Crippen LogP contribution in [-0.2, 0) is 6.54 Å². The molecule has 0 aliphatic rings. The van der Waals surface area contributed by atoms with Crippen LogP contribution in [-0.4, -0.2) is 40.1 Å². The first kappa shape index (κ1) is 23.0. The maximum Gasteiger partial charge on any atom is 0.278 e. The van der Waals surface area contributed by atoms with E-state index in [-0.39, 0.29) is 12.2 Å². The SMILES string of the molecule is COc1cccc(-c2nc(Cn3nnc(C(=O)Nc4ccc(C)c(F)c4)c3C)c(C)o2)c1OC. The van der Waals surface area contributed by atoms with Crippen LogP contribution in [0, 0.1) is 26.6 Å². The number of hydrogen-bond donors (Lipinski definition) is 1.